The summed E-state index contributed by atoms with van der Waals surface area (Å²) in [6.07, 6.45) is 1.67. The van der Waals surface area contributed by atoms with Crippen LogP contribution in [0.3, 0.4) is 0 Å². The van der Waals surface area contributed by atoms with Gasteiger partial charge in [0.15, 0.2) is 0 Å². The van der Waals surface area contributed by atoms with Crippen LogP contribution in [0.1, 0.15) is 16.7 Å². The summed E-state index contributed by atoms with van der Waals surface area (Å²) < 4.78 is 1.06. The lowest BCUT2D eigenvalue weighted by Crippen LogP contribution is -2.37. The highest BCUT2D eigenvalue weighted by Crippen LogP contribution is 2.11. The maximum absolute atomic E-state index is 11.7. The van der Waals surface area contributed by atoms with Gasteiger partial charge in [-0.1, -0.05) is 57.9 Å². The second kappa shape index (κ2) is 8.59. The van der Waals surface area contributed by atoms with Crippen molar-refractivity contribution in [1.82, 2.24) is 10.6 Å². The highest BCUT2D eigenvalue weighted by atomic mass is 79.9. The van der Waals surface area contributed by atoms with Gasteiger partial charge < -0.3 is 10.6 Å². The average molecular weight is 361 g/mol. The monoisotopic (exact) mass is 360 g/mol. The van der Waals surface area contributed by atoms with Crippen molar-refractivity contribution < 1.29 is 4.79 Å². The van der Waals surface area contributed by atoms with Crippen LogP contribution in [0.15, 0.2) is 53.0 Å². The summed E-state index contributed by atoms with van der Waals surface area (Å²) in [4.78, 5) is 11.7. The number of halogens is 1. The number of amides is 2. The van der Waals surface area contributed by atoms with E-state index in [1.54, 1.807) is 0 Å². The molecule has 3 nitrogen and oxygen atoms in total. The second-order valence-corrected chi connectivity index (χ2v) is 6.21. The minimum Gasteiger partial charge on any atom is -0.338 e. The molecular formula is C18H21BrN2O. The quantitative estimate of drug-likeness (QED) is 0.807. The third kappa shape index (κ3) is 5.90. The van der Waals surface area contributed by atoms with Crippen molar-refractivity contribution >= 4 is 22.0 Å². The molecule has 0 radical (unpaired) electrons. The molecule has 0 bridgehead atoms. The third-order valence-corrected chi connectivity index (χ3v) is 3.90. The molecule has 0 unspecified atom stereocenters. The highest BCUT2D eigenvalue weighted by molar-refractivity contribution is 9.10. The van der Waals surface area contributed by atoms with E-state index in [0.717, 1.165) is 17.3 Å². The van der Waals surface area contributed by atoms with Gasteiger partial charge in [-0.3, -0.25) is 0 Å². The molecule has 2 N–H and O–H groups in total. The first-order valence-corrected chi connectivity index (χ1v) is 8.24. The zero-order valence-corrected chi connectivity index (χ0v) is 14.3. The van der Waals surface area contributed by atoms with E-state index in [1.165, 1.54) is 16.7 Å². The molecule has 0 fully saturated rings. The Morgan fingerprint density at radius 1 is 0.955 bits per heavy atom. The fourth-order valence-corrected chi connectivity index (χ4v) is 2.60. The van der Waals surface area contributed by atoms with Gasteiger partial charge in [0.2, 0.25) is 0 Å². The Hall–Kier alpha value is -1.81. The van der Waals surface area contributed by atoms with E-state index in [4.69, 9.17) is 0 Å². The first kappa shape index (κ1) is 16.6. The van der Waals surface area contributed by atoms with Gasteiger partial charge in [-0.15, -0.1) is 0 Å². The van der Waals surface area contributed by atoms with Crippen LogP contribution in [0.4, 0.5) is 4.79 Å². The molecule has 0 aliphatic rings. The summed E-state index contributed by atoms with van der Waals surface area (Å²) in [6.45, 7) is 3.35. The Morgan fingerprint density at radius 2 is 1.59 bits per heavy atom. The van der Waals surface area contributed by atoms with Crippen molar-refractivity contribution in [3.05, 3.63) is 69.7 Å². The van der Waals surface area contributed by atoms with Gasteiger partial charge in [0.25, 0.3) is 0 Å². The minimum absolute atomic E-state index is 0.109. The predicted octanol–water partition coefficient (Wildman–Crippen LogP) is 3.84. The maximum atomic E-state index is 11.7. The fourth-order valence-electron chi connectivity index (χ4n) is 2.15. The van der Waals surface area contributed by atoms with E-state index < -0.39 is 0 Å². The van der Waals surface area contributed by atoms with E-state index in [1.807, 2.05) is 12.1 Å². The fraction of sp³-hybridized carbons (Fsp3) is 0.278. The van der Waals surface area contributed by atoms with Crippen molar-refractivity contribution in [2.24, 2.45) is 0 Å². The SMILES string of the molecule is Cc1ccc(CCNC(=O)NCCc2cccc(Br)c2)cc1. The molecule has 116 valence electrons. The first-order chi connectivity index (χ1) is 10.6. The van der Waals surface area contributed by atoms with Crippen molar-refractivity contribution in [3.63, 3.8) is 0 Å². The molecule has 4 heteroatoms. The molecule has 2 rings (SSSR count). The van der Waals surface area contributed by atoms with E-state index in [9.17, 15) is 4.79 Å². The Bertz CT molecular complexity index is 611. The van der Waals surface area contributed by atoms with Crippen LogP contribution in [-0.4, -0.2) is 19.1 Å². The lowest BCUT2D eigenvalue weighted by Gasteiger charge is -2.08. The van der Waals surface area contributed by atoms with E-state index in [2.05, 4.69) is 69.9 Å². The normalized spacial score (nSPS) is 10.3. The molecule has 0 atom stereocenters. The van der Waals surface area contributed by atoms with Crippen LogP contribution >= 0.6 is 15.9 Å². The van der Waals surface area contributed by atoms with Gasteiger partial charge in [-0.2, -0.15) is 0 Å². The zero-order chi connectivity index (χ0) is 15.8. The molecule has 0 spiro atoms. The average Bonchev–Trinajstić information content (AvgIpc) is 2.49. The Morgan fingerprint density at radius 3 is 2.23 bits per heavy atom. The Kier molecular flexibility index (Phi) is 6.46. The largest absolute Gasteiger partial charge is 0.338 e. The van der Waals surface area contributed by atoms with Gasteiger partial charge in [-0.05, 0) is 43.0 Å². The molecule has 0 aliphatic heterocycles. The van der Waals surface area contributed by atoms with Crippen LogP contribution in [-0.2, 0) is 12.8 Å². The van der Waals surface area contributed by atoms with E-state index in [-0.39, 0.29) is 6.03 Å². The summed E-state index contributed by atoms with van der Waals surface area (Å²) in [6, 6.07) is 16.4. The number of rotatable bonds is 6. The predicted molar refractivity (Wildman–Crippen MR) is 94.1 cm³/mol. The molecule has 0 heterocycles. The van der Waals surface area contributed by atoms with Crippen molar-refractivity contribution in [1.29, 1.82) is 0 Å². The van der Waals surface area contributed by atoms with Crippen LogP contribution in [0.5, 0.6) is 0 Å². The minimum atomic E-state index is -0.109. The summed E-state index contributed by atoms with van der Waals surface area (Å²) in [7, 11) is 0. The molecule has 2 aromatic rings. The maximum Gasteiger partial charge on any atom is 0.314 e. The number of carbonyl (C=O) groups is 1. The number of nitrogens with one attached hydrogen (secondary N) is 2. The molecule has 2 aromatic carbocycles. The number of urea groups is 1. The van der Waals surface area contributed by atoms with Gasteiger partial charge in [-0.25, -0.2) is 4.79 Å². The lowest BCUT2D eigenvalue weighted by molar-refractivity contribution is 0.241. The molecular weight excluding hydrogens is 340 g/mol. The summed E-state index contributed by atoms with van der Waals surface area (Å²) in [5, 5.41) is 5.76. The van der Waals surface area contributed by atoms with E-state index in [0.29, 0.717) is 13.1 Å². The van der Waals surface area contributed by atoms with Crippen molar-refractivity contribution in [3.8, 4) is 0 Å². The topological polar surface area (TPSA) is 41.1 Å². The molecule has 0 saturated carbocycles. The second-order valence-electron chi connectivity index (χ2n) is 5.30. The molecule has 22 heavy (non-hydrogen) atoms. The Balaban J connectivity index is 1.62. The van der Waals surface area contributed by atoms with Crippen molar-refractivity contribution in [2.45, 2.75) is 19.8 Å². The molecule has 0 aliphatic carbocycles. The standard InChI is InChI=1S/C18H21BrN2O/c1-14-5-7-15(8-6-14)9-11-20-18(22)21-12-10-16-3-2-4-17(19)13-16/h2-8,13H,9-12H2,1H3,(H2,20,21,22). The summed E-state index contributed by atoms with van der Waals surface area (Å²) >= 11 is 3.44. The highest BCUT2D eigenvalue weighted by Gasteiger charge is 2.00. The molecule has 0 aromatic heterocycles. The van der Waals surface area contributed by atoms with Crippen molar-refractivity contribution in [2.75, 3.05) is 13.1 Å². The van der Waals surface area contributed by atoms with Crippen LogP contribution in [0.2, 0.25) is 0 Å². The third-order valence-electron chi connectivity index (χ3n) is 3.41. The number of carbonyl (C=O) groups excluding carboxylic acids is 1. The smallest absolute Gasteiger partial charge is 0.314 e. The summed E-state index contributed by atoms with van der Waals surface area (Å²) in [5.74, 6) is 0. The van der Waals surface area contributed by atoms with Gasteiger partial charge in [0.1, 0.15) is 0 Å². The Labute approximate surface area is 140 Å². The molecule has 0 saturated heterocycles. The lowest BCUT2D eigenvalue weighted by atomic mass is 10.1. The van der Waals surface area contributed by atoms with Gasteiger partial charge in [0.05, 0.1) is 0 Å². The number of hydrogen-bond acceptors (Lipinski definition) is 1. The van der Waals surface area contributed by atoms with Crippen LogP contribution in [0, 0.1) is 6.92 Å². The summed E-state index contributed by atoms with van der Waals surface area (Å²) in [5.41, 5.74) is 3.69. The van der Waals surface area contributed by atoms with Crippen LogP contribution < -0.4 is 10.6 Å². The van der Waals surface area contributed by atoms with E-state index >= 15 is 0 Å². The molecule has 2 amide bonds. The van der Waals surface area contributed by atoms with Crippen LogP contribution in [0.25, 0.3) is 0 Å². The number of hydrogen-bond donors (Lipinski definition) is 2. The number of aryl methyl sites for hydroxylation is 1. The zero-order valence-electron chi connectivity index (χ0n) is 12.7. The number of benzene rings is 2. The van der Waals surface area contributed by atoms with Gasteiger partial charge in [0, 0.05) is 17.6 Å². The first-order valence-electron chi connectivity index (χ1n) is 7.45. The van der Waals surface area contributed by atoms with Gasteiger partial charge >= 0.3 is 6.03 Å².